The molecule has 1 aromatic heterocycles. The summed E-state index contributed by atoms with van der Waals surface area (Å²) in [7, 11) is 0. The molecule has 0 aliphatic heterocycles. The van der Waals surface area contributed by atoms with Crippen molar-refractivity contribution in [3.63, 3.8) is 0 Å². The maximum atomic E-state index is 14.0. The highest BCUT2D eigenvalue weighted by Gasteiger charge is 2.44. The molecule has 6 heteroatoms. The fourth-order valence-corrected chi connectivity index (χ4v) is 5.20. The highest BCUT2D eigenvalue weighted by molar-refractivity contribution is 9.10. The lowest BCUT2D eigenvalue weighted by Gasteiger charge is -2.24. The number of aliphatic carboxylic acids is 1. The number of hydrogen-bond acceptors (Lipinski definition) is 3. The third-order valence-corrected chi connectivity index (χ3v) is 6.72. The Kier molecular flexibility index (Phi) is 4.20. The molecule has 1 heterocycles. The zero-order valence-electron chi connectivity index (χ0n) is 13.9. The SMILES string of the molecule is Cc1c(F)cccc1C1(C(=O)O)C=C(c2nc3c(Br)cccc3s2)CC1. The Morgan fingerprint density at radius 1 is 1.31 bits per heavy atom. The number of hydrogen-bond donors (Lipinski definition) is 1. The molecule has 0 fully saturated rings. The molecule has 1 aliphatic carbocycles. The van der Waals surface area contributed by atoms with Crippen LogP contribution >= 0.6 is 27.3 Å². The number of carboxylic acids is 1. The van der Waals surface area contributed by atoms with Crippen LogP contribution in [-0.2, 0) is 10.2 Å². The fraction of sp³-hybridized carbons (Fsp3) is 0.200. The number of thiazole rings is 1. The number of carbonyl (C=O) groups is 1. The molecule has 0 saturated heterocycles. The molecule has 132 valence electrons. The quantitative estimate of drug-likeness (QED) is 0.577. The summed E-state index contributed by atoms with van der Waals surface area (Å²) >= 11 is 5.05. The minimum atomic E-state index is -1.21. The second kappa shape index (κ2) is 6.28. The summed E-state index contributed by atoms with van der Waals surface area (Å²) in [4.78, 5) is 16.9. The van der Waals surface area contributed by atoms with Crippen LogP contribution in [0.5, 0.6) is 0 Å². The van der Waals surface area contributed by atoms with Gasteiger partial charge in [-0.25, -0.2) is 9.37 Å². The van der Waals surface area contributed by atoms with Crippen LogP contribution in [-0.4, -0.2) is 16.1 Å². The van der Waals surface area contributed by atoms with Crippen molar-refractivity contribution in [2.75, 3.05) is 0 Å². The topological polar surface area (TPSA) is 50.2 Å². The Labute approximate surface area is 162 Å². The van der Waals surface area contributed by atoms with E-state index in [0.29, 0.717) is 24.0 Å². The zero-order valence-corrected chi connectivity index (χ0v) is 16.3. The molecule has 3 nitrogen and oxygen atoms in total. The Morgan fingerprint density at radius 3 is 2.81 bits per heavy atom. The molecule has 4 rings (SSSR count). The van der Waals surface area contributed by atoms with E-state index in [2.05, 4.69) is 20.9 Å². The standard InChI is InChI=1S/C20H15BrFNO2S/c1-11-13(4-2-6-15(11)22)20(19(24)25)9-8-12(10-20)18-23-17-14(21)5-3-7-16(17)26-18/h2-7,10H,8-9H2,1H3,(H,24,25). The molecule has 3 aromatic rings. The minimum Gasteiger partial charge on any atom is -0.480 e. The average Bonchev–Trinajstić information content (AvgIpc) is 3.23. The van der Waals surface area contributed by atoms with Crippen LogP contribution < -0.4 is 0 Å². The van der Waals surface area contributed by atoms with Crippen molar-refractivity contribution in [2.24, 2.45) is 0 Å². The van der Waals surface area contributed by atoms with Gasteiger partial charge in [0.2, 0.25) is 0 Å². The largest absolute Gasteiger partial charge is 0.480 e. The fourth-order valence-electron chi connectivity index (χ4n) is 3.58. The predicted molar refractivity (Wildman–Crippen MR) is 105 cm³/mol. The lowest BCUT2D eigenvalue weighted by Crippen LogP contribution is -2.32. The predicted octanol–water partition coefficient (Wildman–Crippen LogP) is 5.71. The van der Waals surface area contributed by atoms with Gasteiger partial charge in [-0.3, -0.25) is 4.79 Å². The summed E-state index contributed by atoms with van der Waals surface area (Å²) in [5.41, 5.74) is 1.48. The van der Waals surface area contributed by atoms with Crippen LogP contribution in [0.4, 0.5) is 4.39 Å². The van der Waals surface area contributed by atoms with E-state index >= 15 is 0 Å². The van der Waals surface area contributed by atoms with E-state index in [1.54, 1.807) is 36.5 Å². The van der Waals surface area contributed by atoms with Crippen molar-refractivity contribution in [3.05, 3.63) is 68.9 Å². The van der Waals surface area contributed by atoms with E-state index in [1.807, 2.05) is 18.2 Å². The molecule has 26 heavy (non-hydrogen) atoms. The number of nitrogens with zero attached hydrogens (tertiary/aromatic N) is 1. The zero-order chi connectivity index (χ0) is 18.5. The number of rotatable bonds is 3. The van der Waals surface area contributed by atoms with Gasteiger partial charge in [0.1, 0.15) is 16.2 Å². The van der Waals surface area contributed by atoms with E-state index in [-0.39, 0.29) is 5.82 Å². The van der Waals surface area contributed by atoms with Crippen molar-refractivity contribution < 1.29 is 14.3 Å². The third kappa shape index (κ3) is 2.59. The Hall–Kier alpha value is -2.05. The molecule has 0 saturated carbocycles. The Bertz CT molecular complexity index is 1070. The maximum absolute atomic E-state index is 14.0. The van der Waals surface area contributed by atoms with Crippen molar-refractivity contribution in [1.82, 2.24) is 4.98 Å². The molecule has 0 radical (unpaired) electrons. The van der Waals surface area contributed by atoms with Gasteiger partial charge < -0.3 is 5.11 Å². The van der Waals surface area contributed by atoms with Gasteiger partial charge in [0.15, 0.2) is 0 Å². The van der Waals surface area contributed by atoms with Crippen LogP contribution in [0.1, 0.15) is 29.0 Å². The van der Waals surface area contributed by atoms with Gasteiger partial charge in [-0.2, -0.15) is 0 Å². The number of allylic oxidation sites excluding steroid dienone is 1. The van der Waals surface area contributed by atoms with Crippen molar-refractivity contribution >= 4 is 49.0 Å². The van der Waals surface area contributed by atoms with Crippen LogP contribution in [0, 0.1) is 12.7 Å². The second-order valence-corrected chi connectivity index (χ2v) is 8.35. The monoisotopic (exact) mass is 431 g/mol. The van der Waals surface area contributed by atoms with Gasteiger partial charge in [-0.05, 0) is 70.6 Å². The van der Waals surface area contributed by atoms with Crippen molar-refractivity contribution in [1.29, 1.82) is 0 Å². The van der Waals surface area contributed by atoms with E-state index < -0.39 is 11.4 Å². The van der Waals surface area contributed by atoms with Gasteiger partial charge in [0.05, 0.1) is 10.2 Å². The second-order valence-electron chi connectivity index (χ2n) is 6.46. The number of halogens is 2. The van der Waals surface area contributed by atoms with Crippen molar-refractivity contribution in [2.45, 2.75) is 25.2 Å². The van der Waals surface area contributed by atoms with Crippen LogP contribution in [0.3, 0.4) is 0 Å². The van der Waals surface area contributed by atoms with E-state index in [0.717, 1.165) is 25.3 Å². The van der Waals surface area contributed by atoms with Crippen LogP contribution in [0.2, 0.25) is 0 Å². The number of fused-ring (bicyclic) bond motifs is 1. The van der Waals surface area contributed by atoms with E-state index in [1.165, 1.54) is 6.07 Å². The molecule has 0 spiro atoms. The minimum absolute atomic E-state index is 0.381. The molecule has 1 atom stereocenters. The van der Waals surface area contributed by atoms with Crippen LogP contribution in [0.25, 0.3) is 15.8 Å². The summed E-state index contributed by atoms with van der Waals surface area (Å²) in [6, 6.07) is 10.5. The Balaban J connectivity index is 1.86. The first-order valence-electron chi connectivity index (χ1n) is 8.18. The molecule has 1 aliphatic rings. The number of benzene rings is 2. The lowest BCUT2D eigenvalue weighted by molar-refractivity contribution is -0.141. The van der Waals surface area contributed by atoms with Crippen molar-refractivity contribution in [3.8, 4) is 0 Å². The molecule has 0 bridgehead atoms. The third-order valence-electron chi connectivity index (χ3n) is 4.98. The van der Waals surface area contributed by atoms with Gasteiger partial charge in [-0.1, -0.05) is 24.3 Å². The molecular weight excluding hydrogens is 417 g/mol. The molecule has 1 unspecified atom stereocenters. The highest BCUT2D eigenvalue weighted by atomic mass is 79.9. The van der Waals surface area contributed by atoms with Gasteiger partial charge in [-0.15, -0.1) is 11.3 Å². The summed E-state index contributed by atoms with van der Waals surface area (Å²) in [6.45, 7) is 1.63. The summed E-state index contributed by atoms with van der Waals surface area (Å²) in [6.07, 6.45) is 2.77. The van der Waals surface area contributed by atoms with E-state index in [4.69, 9.17) is 0 Å². The number of aromatic nitrogens is 1. The van der Waals surface area contributed by atoms with E-state index in [9.17, 15) is 14.3 Å². The summed E-state index contributed by atoms with van der Waals surface area (Å²) < 4.78 is 16.0. The average molecular weight is 432 g/mol. The molecule has 0 amide bonds. The summed E-state index contributed by atoms with van der Waals surface area (Å²) in [5.74, 6) is -1.34. The van der Waals surface area contributed by atoms with Gasteiger partial charge in [0.25, 0.3) is 0 Å². The Morgan fingerprint density at radius 2 is 2.08 bits per heavy atom. The first-order chi connectivity index (χ1) is 12.4. The van der Waals surface area contributed by atoms with Crippen LogP contribution in [0.15, 0.2) is 46.9 Å². The highest BCUT2D eigenvalue weighted by Crippen LogP contribution is 2.46. The smallest absolute Gasteiger partial charge is 0.318 e. The molecule has 1 N–H and O–H groups in total. The lowest BCUT2D eigenvalue weighted by atomic mass is 9.78. The number of para-hydroxylation sites is 1. The molecular formula is C20H15BrFNO2S. The van der Waals surface area contributed by atoms with Gasteiger partial charge in [0, 0.05) is 4.47 Å². The maximum Gasteiger partial charge on any atom is 0.318 e. The van der Waals surface area contributed by atoms with Gasteiger partial charge >= 0.3 is 5.97 Å². The number of carboxylic acid groups (broad SMARTS) is 1. The first-order valence-corrected chi connectivity index (χ1v) is 9.79. The summed E-state index contributed by atoms with van der Waals surface area (Å²) in [5, 5.41) is 10.8. The normalized spacial score (nSPS) is 19.7. The first kappa shape index (κ1) is 17.4. The molecule has 2 aromatic carbocycles.